The van der Waals surface area contributed by atoms with Crippen LogP contribution in [0, 0.1) is 11.6 Å². The molecule has 0 unspecified atom stereocenters. The molecule has 1 aliphatic rings. The number of likely N-dealkylation sites (N-methyl/N-ethyl adjacent to an activating group) is 1. The molecule has 0 saturated carbocycles. The van der Waals surface area contributed by atoms with E-state index >= 15 is 0 Å². The molecule has 3 nitrogen and oxygen atoms in total. The van der Waals surface area contributed by atoms with Crippen LogP contribution in [0.25, 0.3) is 0 Å². The maximum atomic E-state index is 13.9. The van der Waals surface area contributed by atoms with Crippen LogP contribution in [0.5, 0.6) is 0 Å². The minimum absolute atomic E-state index is 0.127. The fraction of sp³-hybridized carbons (Fsp3) is 0.571. The summed E-state index contributed by atoms with van der Waals surface area (Å²) in [5.74, 6) is -0.987. The lowest BCUT2D eigenvalue weighted by molar-refractivity contribution is 0.200. The van der Waals surface area contributed by atoms with Gasteiger partial charge in [-0.25, -0.2) is 8.78 Å². The Morgan fingerprint density at radius 3 is 2.70 bits per heavy atom. The number of benzene rings is 1. The minimum Gasteiger partial charge on any atom is -0.314 e. The highest BCUT2D eigenvalue weighted by molar-refractivity contribution is 9.10. The molecule has 1 saturated heterocycles. The van der Waals surface area contributed by atoms with E-state index in [9.17, 15) is 8.78 Å². The van der Waals surface area contributed by atoms with Gasteiger partial charge in [0.05, 0.1) is 4.47 Å². The lowest BCUT2D eigenvalue weighted by Crippen LogP contribution is -2.45. The van der Waals surface area contributed by atoms with Crippen molar-refractivity contribution in [2.45, 2.75) is 6.54 Å². The third-order valence-corrected chi connectivity index (χ3v) is 4.19. The van der Waals surface area contributed by atoms with Crippen molar-refractivity contribution >= 4 is 15.9 Å². The zero-order valence-electron chi connectivity index (χ0n) is 11.6. The molecule has 1 N–H and O–H groups in total. The van der Waals surface area contributed by atoms with Crippen molar-refractivity contribution in [1.82, 2.24) is 15.1 Å². The number of nitrogens with zero attached hydrogens (tertiary/aromatic N) is 2. The highest BCUT2D eigenvalue weighted by Crippen LogP contribution is 2.22. The Morgan fingerprint density at radius 2 is 2.00 bits per heavy atom. The Kier molecular flexibility index (Phi) is 5.89. The minimum atomic E-state index is -0.501. The van der Waals surface area contributed by atoms with E-state index in [1.165, 1.54) is 12.1 Å². The third kappa shape index (κ3) is 4.22. The second-order valence-electron chi connectivity index (χ2n) is 5.15. The predicted octanol–water partition coefficient (Wildman–Crippen LogP) is 2.06. The third-order valence-electron chi connectivity index (χ3n) is 3.57. The number of hydrogen-bond acceptors (Lipinski definition) is 3. The summed E-state index contributed by atoms with van der Waals surface area (Å²) in [5.41, 5.74) is 0.127. The maximum Gasteiger partial charge on any atom is 0.144 e. The van der Waals surface area contributed by atoms with Crippen LogP contribution in [-0.2, 0) is 6.54 Å². The summed E-state index contributed by atoms with van der Waals surface area (Å²) in [6.07, 6.45) is 0. The average molecular weight is 348 g/mol. The number of nitrogens with one attached hydrogen (secondary N) is 1. The van der Waals surface area contributed by atoms with E-state index < -0.39 is 11.6 Å². The highest BCUT2D eigenvalue weighted by Gasteiger charge is 2.15. The van der Waals surface area contributed by atoms with Gasteiger partial charge in [-0.15, -0.1) is 0 Å². The van der Waals surface area contributed by atoms with Crippen LogP contribution in [0.1, 0.15) is 5.56 Å². The van der Waals surface area contributed by atoms with E-state index in [4.69, 9.17) is 0 Å². The van der Waals surface area contributed by atoms with Crippen LogP contribution >= 0.6 is 15.9 Å². The van der Waals surface area contributed by atoms with E-state index in [1.807, 2.05) is 11.9 Å². The SMILES string of the molecule is CN(CCN1CCNCC1)Cc1c(F)ccc(Br)c1F. The molecule has 0 amide bonds. The second kappa shape index (κ2) is 7.45. The molecule has 112 valence electrons. The molecule has 2 rings (SSSR count). The van der Waals surface area contributed by atoms with Crippen LogP contribution in [0.15, 0.2) is 16.6 Å². The first-order valence-electron chi connectivity index (χ1n) is 6.82. The highest BCUT2D eigenvalue weighted by atomic mass is 79.9. The van der Waals surface area contributed by atoms with Gasteiger partial charge in [0.1, 0.15) is 11.6 Å². The molecular formula is C14H20BrF2N3. The lowest BCUT2D eigenvalue weighted by atomic mass is 10.2. The van der Waals surface area contributed by atoms with Crippen molar-refractivity contribution < 1.29 is 8.78 Å². The van der Waals surface area contributed by atoms with Crippen LogP contribution in [0.4, 0.5) is 8.78 Å². The zero-order chi connectivity index (χ0) is 14.5. The Hall–Kier alpha value is -0.560. The van der Waals surface area contributed by atoms with Gasteiger partial charge in [0.15, 0.2) is 0 Å². The van der Waals surface area contributed by atoms with Crippen molar-refractivity contribution in [1.29, 1.82) is 0 Å². The Labute approximate surface area is 127 Å². The number of rotatable bonds is 5. The molecule has 1 aromatic carbocycles. The number of halogens is 3. The second-order valence-corrected chi connectivity index (χ2v) is 6.01. The van der Waals surface area contributed by atoms with Gasteiger partial charge in [-0.05, 0) is 35.1 Å². The van der Waals surface area contributed by atoms with Gasteiger partial charge in [0, 0.05) is 51.4 Å². The molecule has 0 aromatic heterocycles. The van der Waals surface area contributed by atoms with E-state index in [-0.39, 0.29) is 12.1 Å². The van der Waals surface area contributed by atoms with Crippen molar-refractivity contribution in [2.75, 3.05) is 46.3 Å². The Morgan fingerprint density at radius 1 is 1.30 bits per heavy atom. The molecule has 1 fully saturated rings. The van der Waals surface area contributed by atoms with E-state index in [0.29, 0.717) is 4.47 Å². The summed E-state index contributed by atoms with van der Waals surface area (Å²) in [7, 11) is 1.89. The molecule has 0 radical (unpaired) electrons. The standard InChI is InChI=1S/C14H20BrF2N3/c1-19(8-9-20-6-4-18-5-7-20)10-11-13(16)3-2-12(15)14(11)17/h2-3,18H,4-10H2,1H3. The van der Waals surface area contributed by atoms with Gasteiger partial charge in [-0.1, -0.05) is 0 Å². The quantitative estimate of drug-likeness (QED) is 0.822. The van der Waals surface area contributed by atoms with Gasteiger partial charge in [0.25, 0.3) is 0 Å². The Bertz CT molecular complexity index is 450. The zero-order valence-corrected chi connectivity index (χ0v) is 13.2. The first-order valence-corrected chi connectivity index (χ1v) is 7.61. The Balaban J connectivity index is 1.88. The maximum absolute atomic E-state index is 13.9. The molecule has 0 spiro atoms. The molecule has 1 aliphatic heterocycles. The van der Waals surface area contributed by atoms with E-state index in [0.717, 1.165) is 39.3 Å². The molecule has 1 aromatic rings. The summed E-state index contributed by atoms with van der Waals surface area (Å²) in [6, 6.07) is 2.70. The number of hydrogen-bond donors (Lipinski definition) is 1. The summed E-state index contributed by atoms with van der Waals surface area (Å²) >= 11 is 3.10. The lowest BCUT2D eigenvalue weighted by Gasteiger charge is -2.29. The number of piperazine rings is 1. The molecule has 20 heavy (non-hydrogen) atoms. The summed E-state index contributed by atoms with van der Waals surface area (Å²) in [5, 5.41) is 3.30. The monoisotopic (exact) mass is 347 g/mol. The van der Waals surface area contributed by atoms with Crippen molar-refractivity contribution in [2.24, 2.45) is 0 Å². The summed E-state index contributed by atoms with van der Waals surface area (Å²) in [4.78, 5) is 4.32. The average Bonchev–Trinajstić information content (AvgIpc) is 2.46. The van der Waals surface area contributed by atoms with E-state index in [1.54, 1.807) is 0 Å². The van der Waals surface area contributed by atoms with Gasteiger partial charge in [0.2, 0.25) is 0 Å². The van der Waals surface area contributed by atoms with Crippen molar-refractivity contribution in [3.05, 3.63) is 33.8 Å². The van der Waals surface area contributed by atoms with E-state index in [2.05, 4.69) is 26.1 Å². The molecule has 0 atom stereocenters. The largest absolute Gasteiger partial charge is 0.314 e. The van der Waals surface area contributed by atoms with Gasteiger partial charge in [-0.3, -0.25) is 4.90 Å². The van der Waals surface area contributed by atoms with Crippen molar-refractivity contribution in [3.8, 4) is 0 Å². The van der Waals surface area contributed by atoms with Crippen molar-refractivity contribution in [3.63, 3.8) is 0 Å². The van der Waals surface area contributed by atoms with Crippen LogP contribution in [0.3, 0.4) is 0 Å². The molecule has 1 heterocycles. The molecule has 0 bridgehead atoms. The fourth-order valence-corrected chi connectivity index (χ4v) is 2.68. The first-order chi connectivity index (χ1) is 9.58. The predicted molar refractivity (Wildman–Crippen MR) is 79.7 cm³/mol. The first kappa shape index (κ1) is 15.8. The smallest absolute Gasteiger partial charge is 0.144 e. The van der Waals surface area contributed by atoms with Crippen LogP contribution in [-0.4, -0.2) is 56.1 Å². The van der Waals surface area contributed by atoms with Crippen LogP contribution < -0.4 is 5.32 Å². The molecular weight excluding hydrogens is 328 g/mol. The summed E-state index contributed by atoms with van der Waals surface area (Å²) in [6.45, 7) is 6.10. The summed E-state index contributed by atoms with van der Waals surface area (Å²) < 4.78 is 27.9. The fourth-order valence-electron chi connectivity index (χ4n) is 2.31. The topological polar surface area (TPSA) is 18.5 Å². The molecule has 6 heteroatoms. The van der Waals surface area contributed by atoms with Gasteiger partial charge < -0.3 is 10.2 Å². The van der Waals surface area contributed by atoms with Crippen LogP contribution in [0.2, 0.25) is 0 Å². The van der Waals surface area contributed by atoms with Gasteiger partial charge in [-0.2, -0.15) is 0 Å². The van der Waals surface area contributed by atoms with Gasteiger partial charge >= 0.3 is 0 Å². The normalized spacial score (nSPS) is 16.9. The molecule has 0 aliphatic carbocycles.